The first-order chi connectivity index (χ1) is 8.87. The molecule has 19 heavy (non-hydrogen) atoms. The molecule has 1 aliphatic rings. The van der Waals surface area contributed by atoms with E-state index < -0.39 is 21.8 Å². The first-order valence-electron chi connectivity index (χ1n) is 6.00. The van der Waals surface area contributed by atoms with Crippen molar-refractivity contribution in [2.45, 2.75) is 19.0 Å². The first-order valence-corrected chi connectivity index (χ1v) is 7.83. The summed E-state index contributed by atoms with van der Waals surface area (Å²) in [7, 11) is -1.32. The van der Waals surface area contributed by atoms with Gasteiger partial charge in [0.25, 0.3) is 0 Å². The third-order valence-corrected chi connectivity index (χ3v) is 5.05. The quantitative estimate of drug-likeness (QED) is 0.802. The molecule has 8 heteroatoms. The molecule has 1 fully saturated rings. The van der Waals surface area contributed by atoms with E-state index in [0.29, 0.717) is 13.1 Å². The lowest BCUT2D eigenvalue weighted by atomic mass is 10.2. The van der Waals surface area contributed by atoms with Gasteiger partial charge in [0.2, 0.25) is 0 Å². The summed E-state index contributed by atoms with van der Waals surface area (Å²) in [6.45, 7) is 0.884. The number of aryl methyl sites for hydroxylation is 1. The second-order valence-electron chi connectivity index (χ2n) is 4.78. The molecule has 2 rings (SSSR count). The number of carboxylic acid groups (broad SMARTS) is 1. The summed E-state index contributed by atoms with van der Waals surface area (Å²) >= 11 is 0. The van der Waals surface area contributed by atoms with Crippen LogP contribution in [0.25, 0.3) is 0 Å². The van der Waals surface area contributed by atoms with Crippen LogP contribution in [0.2, 0.25) is 0 Å². The van der Waals surface area contributed by atoms with Crippen LogP contribution in [0.15, 0.2) is 12.3 Å². The fraction of sp³-hybridized carbons (Fsp3) is 0.636. The standard InChI is InChI=1S/C11H17N3O4S/c1-13-9(2-3-12-13)7-14-4-5-19(17,18)8-10(14)6-11(15)16/h2-3,10H,4-8H2,1H3,(H,15,16). The third kappa shape index (κ3) is 3.54. The summed E-state index contributed by atoms with van der Waals surface area (Å²) in [6, 6.07) is 1.38. The molecule has 1 aromatic heterocycles. The Morgan fingerprint density at radius 3 is 2.89 bits per heavy atom. The van der Waals surface area contributed by atoms with Crippen LogP contribution < -0.4 is 0 Å². The van der Waals surface area contributed by atoms with E-state index in [2.05, 4.69) is 5.10 Å². The van der Waals surface area contributed by atoms with Crippen LogP contribution in [-0.2, 0) is 28.2 Å². The number of carboxylic acids is 1. The Kier molecular flexibility index (Phi) is 3.91. The highest BCUT2D eigenvalue weighted by molar-refractivity contribution is 7.91. The number of hydrogen-bond donors (Lipinski definition) is 1. The molecule has 1 saturated heterocycles. The zero-order chi connectivity index (χ0) is 14.0. The van der Waals surface area contributed by atoms with E-state index >= 15 is 0 Å². The van der Waals surface area contributed by atoms with Crippen LogP contribution in [0.4, 0.5) is 0 Å². The number of sulfone groups is 1. The van der Waals surface area contributed by atoms with Crippen LogP contribution in [0.3, 0.4) is 0 Å². The van der Waals surface area contributed by atoms with Crippen molar-refractivity contribution >= 4 is 15.8 Å². The van der Waals surface area contributed by atoms with Gasteiger partial charge in [-0.3, -0.25) is 14.4 Å². The fourth-order valence-corrected chi connectivity index (χ4v) is 3.88. The summed E-state index contributed by atoms with van der Waals surface area (Å²) in [5.74, 6) is -0.977. The van der Waals surface area contributed by atoms with Crippen molar-refractivity contribution in [3.05, 3.63) is 18.0 Å². The Balaban J connectivity index is 2.13. The molecule has 0 spiro atoms. The van der Waals surface area contributed by atoms with E-state index in [1.165, 1.54) is 0 Å². The van der Waals surface area contributed by atoms with Crippen molar-refractivity contribution in [1.29, 1.82) is 0 Å². The van der Waals surface area contributed by atoms with Gasteiger partial charge in [-0.2, -0.15) is 5.10 Å². The molecular weight excluding hydrogens is 270 g/mol. The molecule has 1 unspecified atom stereocenters. The van der Waals surface area contributed by atoms with Crippen LogP contribution in [0.5, 0.6) is 0 Å². The fourth-order valence-electron chi connectivity index (χ4n) is 2.28. The minimum atomic E-state index is -3.13. The summed E-state index contributed by atoms with van der Waals surface area (Å²) in [4.78, 5) is 12.8. The van der Waals surface area contributed by atoms with Crippen molar-refractivity contribution in [3.8, 4) is 0 Å². The van der Waals surface area contributed by atoms with E-state index in [1.807, 2.05) is 18.0 Å². The van der Waals surface area contributed by atoms with Crippen LogP contribution in [-0.4, -0.2) is 58.3 Å². The summed E-state index contributed by atoms with van der Waals surface area (Å²) in [5, 5.41) is 12.9. The molecular formula is C11H17N3O4S. The Morgan fingerprint density at radius 1 is 1.58 bits per heavy atom. The predicted molar refractivity (Wildman–Crippen MR) is 68.3 cm³/mol. The maximum Gasteiger partial charge on any atom is 0.304 e. The van der Waals surface area contributed by atoms with Gasteiger partial charge < -0.3 is 5.11 Å². The Hall–Kier alpha value is -1.41. The van der Waals surface area contributed by atoms with Crippen molar-refractivity contribution in [2.75, 3.05) is 18.1 Å². The lowest BCUT2D eigenvalue weighted by molar-refractivity contribution is -0.138. The van der Waals surface area contributed by atoms with E-state index in [4.69, 9.17) is 5.11 Å². The average molecular weight is 287 g/mol. The molecule has 7 nitrogen and oxygen atoms in total. The number of nitrogens with zero attached hydrogens (tertiary/aromatic N) is 3. The average Bonchev–Trinajstić information content (AvgIpc) is 2.67. The lowest BCUT2D eigenvalue weighted by Crippen LogP contribution is -2.49. The second kappa shape index (κ2) is 5.30. The molecule has 0 aliphatic carbocycles. The molecule has 1 N–H and O–H groups in total. The molecule has 0 saturated carbocycles. The summed E-state index contributed by atoms with van der Waals surface area (Å²) in [6.07, 6.45) is 1.51. The molecule has 0 radical (unpaired) electrons. The third-order valence-electron chi connectivity index (χ3n) is 3.35. The van der Waals surface area contributed by atoms with Crippen LogP contribution >= 0.6 is 0 Å². The van der Waals surface area contributed by atoms with Gasteiger partial charge in [0, 0.05) is 32.4 Å². The number of aliphatic carboxylic acids is 1. The SMILES string of the molecule is Cn1nccc1CN1CCS(=O)(=O)CC1CC(=O)O. The van der Waals surface area contributed by atoms with Gasteiger partial charge >= 0.3 is 5.97 Å². The Morgan fingerprint density at radius 2 is 2.32 bits per heavy atom. The molecule has 1 atom stereocenters. The van der Waals surface area contributed by atoms with E-state index in [0.717, 1.165) is 5.69 Å². The van der Waals surface area contributed by atoms with Gasteiger partial charge in [0.1, 0.15) is 0 Å². The largest absolute Gasteiger partial charge is 0.481 e. The van der Waals surface area contributed by atoms with Gasteiger partial charge in [-0.1, -0.05) is 0 Å². The normalized spacial score (nSPS) is 23.3. The number of carbonyl (C=O) groups is 1. The number of rotatable bonds is 4. The minimum absolute atomic E-state index is 0.0843. The zero-order valence-corrected chi connectivity index (χ0v) is 11.5. The van der Waals surface area contributed by atoms with E-state index in [9.17, 15) is 13.2 Å². The van der Waals surface area contributed by atoms with E-state index in [-0.39, 0.29) is 17.9 Å². The van der Waals surface area contributed by atoms with Crippen LogP contribution in [0.1, 0.15) is 12.1 Å². The molecule has 0 bridgehead atoms. The summed E-state index contributed by atoms with van der Waals surface area (Å²) < 4.78 is 24.9. The van der Waals surface area contributed by atoms with Gasteiger partial charge in [-0.25, -0.2) is 8.42 Å². The van der Waals surface area contributed by atoms with E-state index in [1.54, 1.807) is 10.9 Å². The maximum absolute atomic E-state index is 11.6. The smallest absolute Gasteiger partial charge is 0.304 e. The molecule has 1 aliphatic heterocycles. The molecule has 1 aromatic rings. The van der Waals surface area contributed by atoms with Crippen molar-refractivity contribution in [1.82, 2.24) is 14.7 Å². The van der Waals surface area contributed by atoms with Gasteiger partial charge in [-0.15, -0.1) is 0 Å². The number of aromatic nitrogens is 2. The van der Waals surface area contributed by atoms with Gasteiger partial charge in [-0.05, 0) is 6.07 Å². The van der Waals surface area contributed by atoms with Crippen LogP contribution in [0, 0.1) is 0 Å². The minimum Gasteiger partial charge on any atom is -0.481 e. The van der Waals surface area contributed by atoms with Gasteiger partial charge in [0.05, 0.1) is 23.6 Å². The van der Waals surface area contributed by atoms with Crippen molar-refractivity contribution in [3.63, 3.8) is 0 Å². The molecule has 2 heterocycles. The monoisotopic (exact) mass is 287 g/mol. The summed E-state index contributed by atoms with van der Waals surface area (Å²) in [5.41, 5.74) is 0.940. The lowest BCUT2D eigenvalue weighted by Gasteiger charge is -2.34. The Bertz CT molecular complexity index is 566. The second-order valence-corrected chi connectivity index (χ2v) is 7.01. The topological polar surface area (TPSA) is 92.5 Å². The zero-order valence-electron chi connectivity index (χ0n) is 10.7. The van der Waals surface area contributed by atoms with Gasteiger partial charge in [0.15, 0.2) is 9.84 Å². The maximum atomic E-state index is 11.6. The first kappa shape index (κ1) is 14.0. The van der Waals surface area contributed by atoms with Crippen molar-refractivity contribution in [2.24, 2.45) is 7.05 Å². The Labute approximate surface area is 111 Å². The highest BCUT2D eigenvalue weighted by Crippen LogP contribution is 2.17. The molecule has 106 valence electrons. The highest BCUT2D eigenvalue weighted by Gasteiger charge is 2.32. The molecule has 0 amide bonds. The number of hydrogen-bond acceptors (Lipinski definition) is 5. The molecule has 0 aromatic carbocycles. The highest BCUT2D eigenvalue weighted by atomic mass is 32.2. The van der Waals surface area contributed by atoms with Crippen molar-refractivity contribution < 1.29 is 18.3 Å². The predicted octanol–water partition coefficient (Wildman–Crippen LogP) is -0.506.